The lowest BCUT2D eigenvalue weighted by Crippen LogP contribution is -2.28. The zero-order valence-corrected chi connectivity index (χ0v) is 15.5. The molecule has 0 unspecified atom stereocenters. The fourth-order valence-corrected chi connectivity index (χ4v) is 3.15. The molecule has 7 heteroatoms. The fraction of sp³-hybridized carbons (Fsp3) is 0.300. The summed E-state index contributed by atoms with van der Waals surface area (Å²) in [6.07, 6.45) is 0.118. The lowest BCUT2D eigenvalue weighted by molar-refractivity contribution is -0.385. The van der Waals surface area contributed by atoms with E-state index >= 15 is 0 Å². The van der Waals surface area contributed by atoms with Crippen molar-refractivity contribution in [3.63, 3.8) is 0 Å². The van der Waals surface area contributed by atoms with E-state index in [1.54, 1.807) is 24.0 Å². The number of hydrogen-bond donors (Lipinski definition) is 1. The zero-order valence-electron chi connectivity index (χ0n) is 15.5. The first-order valence-corrected chi connectivity index (χ1v) is 8.70. The van der Waals surface area contributed by atoms with Crippen molar-refractivity contribution in [2.75, 3.05) is 16.8 Å². The summed E-state index contributed by atoms with van der Waals surface area (Å²) < 4.78 is 0. The van der Waals surface area contributed by atoms with Gasteiger partial charge in [-0.3, -0.25) is 19.7 Å². The average molecular weight is 367 g/mol. The predicted octanol–water partition coefficient (Wildman–Crippen LogP) is 3.51. The molecule has 140 valence electrons. The van der Waals surface area contributed by atoms with Crippen molar-refractivity contribution in [3.05, 3.63) is 63.2 Å². The van der Waals surface area contributed by atoms with Crippen LogP contribution in [0.1, 0.15) is 23.1 Å². The van der Waals surface area contributed by atoms with Crippen molar-refractivity contribution >= 4 is 28.9 Å². The van der Waals surface area contributed by atoms with Crippen molar-refractivity contribution in [1.82, 2.24) is 0 Å². The third-order valence-electron chi connectivity index (χ3n) is 4.97. The molecule has 1 aliphatic heterocycles. The van der Waals surface area contributed by atoms with Gasteiger partial charge in [-0.2, -0.15) is 0 Å². The number of hydrogen-bond acceptors (Lipinski definition) is 4. The number of nitro benzene ring substituents is 1. The molecule has 2 aromatic rings. The number of benzene rings is 2. The number of amides is 2. The van der Waals surface area contributed by atoms with Gasteiger partial charge in [0.2, 0.25) is 11.8 Å². The Morgan fingerprint density at radius 3 is 2.48 bits per heavy atom. The highest BCUT2D eigenvalue weighted by molar-refractivity contribution is 6.03. The maximum absolute atomic E-state index is 12.6. The monoisotopic (exact) mass is 367 g/mol. The van der Waals surface area contributed by atoms with Crippen LogP contribution < -0.4 is 10.2 Å². The molecule has 0 saturated carbocycles. The van der Waals surface area contributed by atoms with Gasteiger partial charge in [-0.15, -0.1) is 0 Å². The predicted molar refractivity (Wildman–Crippen MR) is 103 cm³/mol. The summed E-state index contributed by atoms with van der Waals surface area (Å²) in [5, 5.41) is 13.7. The number of nitro groups is 1. The van der Waals surface area contributed by atoms with E-state index in [-0.39, 0.29) is 23.9 Å². The Balaban J connectivity index is 1.73. The second kappa shape index (κ2) is 7.19. The number of nitrogens with one attached hydrogen (secondary N) is 1. The number of rotatable bonds is 4. The first-order chi connectivity index (χ1) is 12.8. The number of nitrogens with zero attached hydrogens (tertiary/aromatic N) is 2. The highest BCUT2D eigenvalue weighted by Crippen LogP contribution is 2.28. The second-order valence-corrected chi connectivity index (χ2v) is 6.92. The highest BCUT2D eigenvalue weighted by atomic mass is 16.6. The smallest absolute Gasteiger partial charge is 0.274 e. The molecule has 2 amide bonds. The van der Waals surface area contributed by atoms with Crippen molar-refractivity contribution in [3.8, 4) is 0 Å². The SMILES string of the molecule is Cc1ccc(N2C[C@@H](C(=O)Nc3ccc(C)c([N+](=O)[O-])c3)CC2=O)cc1C. The summed E-state index contributed by atoms with van der Waals surface area (Å²) in [7, 11) is 0. The maximum Gasteiger partial charge on any atom is 0.274 e. The van der Waals surface area contributed by atoms with E-state index in [4.69, 9.17) is 0 Å². The first kappa shape index (κ1) is 18.6. The van der Waals surface area contributed by atoms with E-state index in [1.165, 1.54) is 6.07 Å². The molecule has 1 saturated heterocycles. The number of aryl methyl sites for hydroxylation is 3. The molecule has 0 aromatic heterocycles. The molecule has 0 radical (unpaired) electrons. The molecular weight excluding hydrogens is 346 g/mol. The maximum atomic E-state index is 12.6. The quantitative estimate of drug-likeness (QED) is 0.661. The molecule has 0 aliphatic carbocycles. The molecule has 1 atom stereocenters. The van der Waals surface area contributed by atoms with E-state index in [0.717, 1.165) is 16.8 Å². The van der Waals surface area contributed by atoms with Gasteiger partial charge in [0.1, 0.15) is 0 Å². The van der Waals surface area contributed by atoms with Gasteiger partial charge in [0.15, 0.2) is 0 Å². The molecule has 3 rings (SSSR count). The Kier molecular flexibility index (Phi) is 4.94. The molecule has 1 fully saturated rings. The fourth-order valence-electron chi connectivity index (χ4n) is 3.15. The van der Waals surface area contributed by atoms with Gasteiger partial charge in [0, 0.05) is 36.0 Å². The van der Waals surface area contributed by atoms with E-state index < -0.39 is 10.8 Å². The van der Waals surface area contributed by atoms with Crippen molar-refractivity contribution < 1.29 is 14.5 Å². The summed E-state index contributed by atoms with van der Waals surface area (Å²) in [4.78, 5) is 37.1. The lowest BCUT2D eigenvalue weighted by atomic mass is 10.1. The first-order valence-electron chi connectivity index (χ1n) is 8.70. The second-order valence-electron chi connectivity index (χ2n) is 6.92. The third-order valence-corrected chi connectivity index (χ3v) is 4.97. The van der Waals surface area contributed by atoms with Crippen LogP contribution in [0.2, 0.25) is 0 Å². The van der Waals surface area contributed by atoms with Crippen molar-refractivity contribution in [2.24, 2.45) is 5.92 Å². The number of carbonyl (C=O) groups excluding carboxylic acids is 2. The Labute approximate surface area is 157 Å². The van der Waals surface area contributed by atoms with Gasteiger partial charge in [0.05, 0.1) is 10.8 Å². The minimum Gasteiger partial charge on any atom is -0.326 e. The molecule has 1 heterocycles. The van der Waals surface area contributed by atoms with Gasteiger partial charge >= 0.3 is 0 Å². The number of anilines is 2. The van der Waals surface area contributed by atoms with E-state index in [0.29, 0.717) is 17.8 Å². The lowest BCUT2D eigenvalue weighted by Gasteiger charge is -2.18. The van der Waals surface area contributed by atoms with Crippen LogP contribution in [-0.2, 0) is 9.59 Å². The summed E-state index contributed by atoms with van der Waals surface area (Å²) in [5.41, 5.74) is 3.83. The molecule has 1 N–H and O–H groups in total. The van der Waals surface area contributed by atoms with Crippen LogP contribution in [0, 0.1) is 36.8 Å². The van der Waals surface area contributed by atoms with Crippen LogP contribution >= 0.6 is 0 Å². The van der Waals surface area contributed by atoms with Gasteiger partial charge in [0.25, 0.3) is 5.69 Å². The summed E-state index contributed by atoms with van der Waals surface area (Å²) in [6.45, 7) is 5.91. The van der Waals surface area contributed by atoms with Gasteiger partial charge in [-0.1, -0.05) is 12.1 Å². The van der Waals surface area contributed by atoms with Crippen LogP contribution in [0.25, 0.3) is 0 Å². The molecule has 1 aliphatic rings. The largest absolute Gasteiger partial charge is 0.326 e. The Hall–Kier alpha value is -3.22. The van der Waals surface area contributed by atoms with Crippen LogP contribution in [-0.4, -0.2) is 23.3 Å². The molecule has 2 aromatic carbocycles. The average Bonchev–Trinajstić information content (AvgIpc) is 3.00. The molecule has 27 heavy (non-hydrogen) atoms. The Bertz CT molecular complexity index is 939. The van der Waals surface area contributed by atoms with E-state index in [9.17, 15) is 19.7 Å². The minimum absolute atomic E-state index is 0.0490. The number of carbonyl (C=O) groups is 2. The Morgan fingerprint density at radius 1 is 1.11 bits per heavy atom. The van der Waals surface area contributed by atoms with Gasteiger partial charge in [-0.25, -0.2) is 0 Å². The molecule has 0 bridgehead atoms. The molecular formula is C20H21N3O4. The van der Waals surface area contributed by atoms with Gasteiger partial charge < -0.3 is 10.2 Å². The zero-order chi connectivity index (χ0) is 19.7. The summed E-state index contributed by atoms with van der Waals surface area (Å²) >= 11 is 0. The summed E-state index contributed by atoms with van der Waals surface area (Å²) in [5.74, 6) is -0.916. The van der Waals surface area contributed by atoms with Gasteiger partial charge in [-0.05, 0) is 50.1 Å². The normalized spacial score (nSPS) is 16.5. The van der Waals surface area contributed by atoms with Crippen LogP contribution in [0.15, 0.2) is 36.4 Å². The van der Waals surface area contributed by atoms with Crippen molar-refractivity contribution in [1.29, 1.82) is 0 Å². The summed E-state index contributed by atoms with van der Waals surface area (Å²) in [6, 6.07) is 10.3. The Morgan fingerprint density at radius 2 is 1.81 bits per heavy atom. The van der Waals surface area contributed by atoms with E-state index in [2.05, 4.69) is 5.32 Å². The molecule has 0 spiro atoms. The molecule has 7 nitrogen and oxygen atoms in total. The standard InChI is InChI=1S/C20H21N3O4/c1-12-5-7-17(8-14(12)3)22-11-15(9-19(22)24)20(25)21-16-6-4-13(2)18(10-16)23(26)27/h4-8,10,15H,9,11H2,1-3H3,(H,21,25)/t15-/m0/s1. The topological polar surface area (TPSA) is 92.6 Å². The third kappa shape index (κ3) is 3.81. The highest BCUT2D eigenvalue weighted by Gasteiger charge is 2.35. The van der Waals surface area contributed by atoms with Crippen molar-refractivity contribution in [2.45, 2.75) is 27.2 Å². The van der Waals surface area contributed by atoms with Crippen LogP contribution in [0.4, 0.5) is 17.1 Å². The van der Waals surface area contributed by atoms with E-state index in [1.807, 2.05) is 32.0 Å². The van der Waals surface area contributed by atoms with Crippen LogP contribution in [0.3, 0.4) is 0 Å². The minimum atomic E-state index is -0.500. The van der Waals surface area contributed by atoms with Crippen LogP contribution in [0.5, 0.6) is 0 Å².